The second kappa shape index (κ2) is 4.83. The van der Waals surface area contributed by atoms with Gasteiger partial charge in [-0.2, -0.15) is 0 Å². The highest BCUT2D eigenvalue weighted by Crippen LogP contribution is 2.33. The standard InChI is InChI=1S/C15H27NO/c1-10(2)12-8-9-16(15(5,6)7)14(17)13(12)11(3)4/h10-11H,8-9H2,1-7H3. The second-order valence-electron chi connectivity index (χ2n) is 6.63. The second-order valence-corrected chi connectivity index (χ2v) is 6.63. The first kappa shape index (κ1) is 14.3. The highest BCUT2D eigenvalue weighted by atomic mass is 16.2. The Morgan fingerprint density at radius 3 is 1.94 bits per heavy atom. The van der Waals surface area contributed by atoms with Crippen molar-refractivity contribution in [1.29, 1.82) is 0 Å². The van der Waals surface area contributed by atoms with Crippen LogP contribution in [0.2, 0.25) is 0 Å². The van der Waals surface area contributed by atoms with Crippen LogP contribution in [0.1, 0.15) is 54.9 Å². The van der Waals surface area contributed by atoms with Gasteiger partial charge in [-0.3, -0.25) is 4.79 Å². The van der Waals surface area contributed by atoms with Gasteiger partial charge in [0.15, 0.2) is 0 Å². The monoisotopic (exact) mass is 237 g/mol. The van der Waals surface area contributed by atoms with Crippen LogP contribution >= 0.6 is 0 Å². The van der Waals surface area contributed by atoms with Gasteiger partial charge in [-0.05, 0) is 39.0 Å². The summed E-state index contributed by atoms with van der Waals surface area (Å²) in [6, 6.07) is 0. The van der Waals surface area contributed by atoms with Gasteiger partial charge in [-0.25, -0.2) is 0 Å². The summed E-state index contributed by atoms with van der Waals surface area (Å²) in [5.41, 5.74) is 2.35. The van der Waals surface area contributed by atoms with E-state index in [4.69, 9.17) is 0 Å². The van der Waals surface area contributed by atoms with Crippen LogP contribution in [-0.2, 0) is 4.79 Å². The number of carbonyl (C=O) groups is 1. The van der Waals surface area contributed by atoms with Crippen LogP contribution in [0.25, 0.3) is 0 Å². The molecule has 98 valence electrons. The van der Waals surface area contributed by atoms with Gasteiger partial charge < -0.3 is 4.90 Å². The van der Waals surface area contributed by atoms with Crippen molar-refractivity contribution in [3.8, 4) is 0 Å². The molecule has 0 aromatic heterocycles. The molecule has 1 aliphatic rings. The van der Waals surface area contributed by atoms with Crippen LogP contribution in [0.3, 0.4) is 0 Å². The SMILES string of the molecule is CC(C)C1=C(C(C)C)C(=O)N(C(C)(C)C)CC1. The van der Waals surface area contributed by atoms with E-state index in [1.165, 1.54) is 5.57 Å². The van der Waals surface area contributed by atoms with Gasteiger partial charge in [-0.15, -0.1) is 0 Å². The minimum atomic E-state index is -0.0697. The van der Waals surface area contributed by atoms with Crippen LogP contribution in [0, 0.1) is 11.8 Å². The molecule has 0 aliphatic carbocycles. The Kier molecular flexibility index (Phi) is 4.06. The van der Waals surface area contributed by atoms with Crippen LogP contribution in [0.15, 0.2) is 11.1 Å². The quantitative estimate of drug-likeness (QED) is 0.718. The first-order chi connectivity index (χ1) is 7.66. The first-order valence-corrected chi connectivity index (χ1v) is 6.71. The average Bonchev–Trinajstić information content (AvgIpc) is 2.13. The Morgan fingerprint density at radius 2 is 1.59 bits per heavy atom. The highest BCUT2D eigenvalue weighted by Gasteiger charge is 2.35. The maximum atomic E-state index is 12.6. The van der Waals surface area contributed by atoms with Gasteiger partial charge >= 0.3 is 0 Å². The Balaban J connectivity index is 3.16. The van der Waals surface area contributed by atoms with E-state index in [2.05, 4.69) is 48.5 Å². The third-order valence-corrected chi connectivity index (χ3v) is 3.51. The minimum absolute atomic E-state index is 0.0697. The Bertz CT molecular complexity index is 331. The maximum absolute atomic E-state index is 12.6. The van der Waals surface area contributed by atoms with E-state index in [-0.39, 0.29) is 11.4 Å². The van der Waals surface area contributed by atoms with Crippen LogP contribution < -0.4 is 0 Å². The molecule has 0 spiro atoms. The van der Waals surface area contributed by atoms with Gasteiger partial charge in [0.05, 0.1) is 0 Å². The third kappa shape index (κ3) is 2.91. The van der Waals surface area contributed by atoms with Gasteiger partial charge in [0.2, 0.25) is 5.91 Å². The van der Waals surface area contributed by atoms with E-state index in [9.17, 15) is 4.79 Å². The highest BCUT2D eigenvalue weighted by molar-refractivity contribution is 5.96. The van der Waals surface area contributed by atoms with Gasteiger partial charge in [-0.1, -0.05) is 33.3 Å². The predicted molar refractivity (Wildman–Crippen MR) is 72.8 cm³/mol. The molecule has 0 saturated carbocycles. The van der Waals surface area contributed by atoms with Gasteiger partial charge in [0, 0.05) is 17.7 Å². The van der Waals surface area contributed by atoms with E-state index in [0.717, 1.165) is 18.5 Å². The lowest BCUT2D eigenvalue weighted by Crippen LogP contribution is -2.50. The van der Waals surface area contributed by atoms with Crippen molar-refractivity contribution in [1.82, 2.24) is 4.90 Å². The summed E-state index contributed by atoms with van der Waals surface area (Å²) >= 11 is 0. The molecular weight excluding hydrogens is 210 g/mol. The lowest BCUT2D eigenvalue weighted by Gasteiger charge is -2.41. The Hall–Kier alpha value is -0.790. The van der Waals surface area contributed by atoms with Crippen LogP contribution in [0.4, 0.5) is 0 Å². The zero-order chi connectivity index (χ0) is 13.4. The number of amides is 1. The molecule has 2 heteroatoms. The molecule has 1 heterocycles. The molecule has 0 saturated heterocycles. The number of carbonyl (C=O) groups excluding carboxylic acids is 1. The first-order valence-electron chi connectivity index (χ1n) is 6.71. The summed E-state index contributed by atoms with van der Waals surface area (Å²) in [7, 11) is 0. The van der Waals surface area contributed by atoms with Crippen molar-refractivity contribution in [3.63, 3.8) is 0 Å². The van der Waals surface area contributed by atoms with E-state index in [0.29, 0.717) is 11.8 Å². The van der Waals surface area contributed by atoms with Crippen molar-refractivity contribution in [2.45, 2.75) is 60.4 Å². The lowest BCUT2D eigenvalue weighted by atomic mass is 9.83. The lowest BCUT2D eigenvalue weighted by molar-refractivity contribution is -0.133. The molecule has 0 N–H and O–H groups in total. The molecule has 0 fully saturated rings. The van der Waals surface area contributed by atoms with E-state index < -0.39 is 0 Å². The Labute approximate surface area is 106 Å². The van der Waals surface area contributed by atoms with Crippen molar-refractivity contribution in [3.05, 3.63) is 11.1 Å². The summed E-state index contributed by atoms with van der Waals surface area (Å²) in [5, 5.41) is 0. The summed E-state index contributed by atoms with van der Waals surface area (Å²) in [6.45, 7) is 15.8. The predicted octanol–water partition coefficient (Wildman–Crippen LogP) is 3.63. The van der Waals surface area contributed by atoms with Crippen LogP contribution in [0.5, 0.6) is 0 Å². The number of rotatable bonds is 2. The molecule has 0 bridgehead atoms. The normalized spacial score (nSPS) is 18.6. The fourth-order valence-electron chi connectivity index (χ4n) is 2.61. The molecule has 2 nitrogen and oxygen atoms in total. The maximum Gasteiger partial charge on any atom is 0.250 e. The number of hydrogen-bond donors (Lipinski definition) is 0. The molecule has 1 amide bonds. The van der Waals surface area contributed by atoms with E-state index >= 15 is 0 Å². The van der Waals surface area contributed by atoms with Crippen molar-refractivity contribution in [2.75, 3.05) is 6.54 Å². The fraction of sp³-hybridized carbons (Fsp3) is 0.800. The van der Waals surface area contributed by atoms with Crippen molar-refractivity contribution in [2.24, 2.45) is 11.8 Å². The fourth-order valence-corrected chi connectivity index (χ4v) is 2.61. The van der Waals surface area contributed by atoms with Gasteiger partial charge in [0.1, 0.15) is 0 Å². The average molecular weight is 237 g/mol. The summed E-state index contributed by atoms with van der Waals surface area (Å²) in [4.78, 5) is 14.6. The smallest absolute Gasteiger partial charge is 0.250 e. The molecule has 0 aromatic carbocycles. The molecule has 0 radical (unpaired) electrons. The molecule has 17 heavy (non-hydrogen) atoms. The van der Waals surface area contributed by atoms with E-state index in [1.54, 1.807) is 0 Å². The Morgan fingerprint density at radius 1 is 1.06 bits per heavy atom. The van der Waals surface area contributed by atoms with Crippen LogP contribution in [-0.4, -0.2) is 22.9 Å². The van der Waals surface area contributed by atoms with Crippen molar-refractivity contribution < 1.29 is 4.79 Å². The molecule has 0 unspecified atom stereocenters. The summed E-state index contributed by atoms with van der Waals surface area (Å²) in [5.74, 6) is 1.06. The van der Waals surface area contributed by atoms with E-state index in [1.807, 2.05) is 4.90 Å². The number of nitrogens with zero attached hydrogens (tertiary/aromatic N) is 1. The molecule has 1 rings (SSSR count). The molecular formula is C15H27NO. The molecule has 0 atom stereocenters. The zero-order valence-corrected chi connectivity index (χ0v) is 12.4. The van der Waals surface area contributed by atoms with Crippen molar-refractivity contribution >= 4 is 5.91 Å². The minimum Gasteiger partial charge on any atom is -0.334 e. The third-order valence-electron chi connectivity index (χ3n) is 3.51. The summed E-state index contributed by atoms with van der Waals surface area (Å²) < 4.78 is 0. The molecule has 0 aromatic rings. The largest absolute Gasteiger partial charge is 0.334 e. The van der Waals surface area contributed by atoms with Gasteiger partial charge in [0.25, 0.3) is 0 Å². The topological polar surface area (TPSA) is 20.3 Å². The molecule has 1 aliphatic heterocycles. The number of hydrogen-bond acceptors (Lipinski definition) is 1. The summed E-state index contributed by atoms with van der Waals surface area (Å²) in [6.07, 6.45) is 1.04. The zero-order valence-electron chi connectivity index (χ0n) is 12.4.